The molecule has 4 nitrogen and oxygen atoms in total. The van der Waals surface area contributed by atoms with Crippen LogP contribution in [0.3, 0.4) is 0 Å². The van der Waals surface area contributed by atoms with E-state index in [1.165, 1.54) is 60.8 Å². The molecule has 127 heavy (non-hydrogen) atoms. The molecule has 0 bridgehead atoms. The molecule has 0 fully saturated rings. The van der Waals surface area contributed by atoms with Gasteiger partial charge in [0.25, 0.3) is 6.71 Å². The molecule has 15 aromatic rings. The van der Waals surface area contributed by atoms with Crippen LogP contribution < -0.4 is 26.2 Å². The van der Waals surface area contributed by atoms with E-state index in [2.05, 4.69) is 431 Å². The summed E-state index contributed by atoms with van der Waals surface area (Å²) < 4.78 is 82.2. The Balaban J connectivity index is 1.16. The van der Waals surface area contributed by atoms with Crippen LogP contribution in [0.4, 0.5) is 34.1 Å². The van der Waals surface area contributed by atoms with Crippen LogP contribution in [0.25, 0.3) is 99.5 Å². The summed E-state index contributed by atoms with van der Waals surface area (Å²) in [5, 5.41) is 2.40. The van der Waals surface area contributed by atoms with Gasteiger partial charge in [-0.1, -0.05) is 374 Å². The van der Waals surface area contributed by atoms with Gasteiger partial charge in [-0.25, -0.2) is 0 Å². The third-order valence-electron chi connectivity index (χ3n) is 27.4. The lowest BCUT2D eigenvalue weighted by Gasteiger charge is -2.47. The minimum absolute atomic E-state index is 0.0146. The number of aromatic nitrogens is 2. The largest absolute Gasteiger partial charge is 0.310 e. The van der Waals surface area contributed by atoms with Crippen molar-refractivity contribution in [2.45, 2.75) is 288 Å². The lowest BCUT2D eigenvalue weighted by atomic mass is 9.33. The highest BCUT2D eigenvalue weighted by Crippen LogP contribution is 2.59. The highest BCUT2D eigenvalue weighted by molar-refractivity contribution is 7.00. The summed E-state index contributed by atoms with van der Waals surface area (Å²) in [6.07, 6.45) is 0. The zero-order valence-corrected chi connectivity index (χ0v) is 82.3. The van der Waals surface area contributed by atoms with Gasteiger partial charge in [0.2, 0.25) is 0 Å². The van der Waals surface area contributed by atoms with E-state index in [-0.39, 0.29) is 83.9 Å². The van der Waals surface area contributed by atoms with Gasteiger partial charge >= 0.3 is 0 Å². The first kappa shape index (κ1) is 78.4. The Labute approximate surface area is 773 Å². The molecule has 0 aliphatic carbocycles. The maximum atomic E-state index is 10.2. The van der Waals surface area contributed by atoms with Crippen LogP contribution in [0.5, 0.6) is 0 Å². The summed E-state index contributed by atoms with van der Waals surface area (Å²) in [6.45, 7) is 76.3. The van der Waals surface area contributed by atoms with Crippen molar-refractivity contribution >= 4 is 101 Å². The summed E-state index contributed by atoms with van der Waals surface area (Å²) in [6, 6.07) is 72.7. The van der Waals surface area contributed by atoms with Gasteiger partial charge in [0.15, 0.2) is 0 Å². The molecule has 0 N–H and O–H groups in total. The van der Waals surface area contributed by atoms with Gasteiger partial charge in [0.05, 0.1) is 44.4 Å². The topological polar surface area (TPSA) is 16.3 Å². The van der Waals surface area contributed by atoms with E-state index in [1.807, 2.05) is 6.07 Å². The van der Waals surface area contributed by atoms with E-state index in [9.17, 15) is 11.0 Å². The monoisotopic (exact) mass is 1680 g/mol. The molecule has 0 saturated carbocycles. The first-order valence-corrected chi connectivity index (χ1v) is 46.3. The fraction of sp³-hybridized carbons (Fsp3) is 0.361. The quantitative estimate of drug-likeness (QED) is 0.141. The first-order valence-electron chi connectivity index (χ1n) is 50.3. The van der Waals surface area contributed by atoms with Gasteiger partial charge in [-0.15, -0.1) is 0 Å². The van der Waals surface area contributed by atoms with Crippen LogP contribution in [0.1, 0.15) is 301 Å². The third kappa shape index (κ3) is 15.5. The molecule has 4 heterocycles. The molecule has 0 unspecified atom stereocenters. The van der Waals surface area contributed by atoms with Crippen molar-refractivity contribution in [2.24, 2.45) is 0 Å². The number of nitrogens with zero attached hydrogens (tertiary/aromatic N) is 4. The highest BCUT2D eigenvalue weighted by atomic mass is 15.2. The summed E-state index contributed by atoms with van der Waals surface area (Å²) in [5.74, 6) is 0. The second-order valence-electron chi connectivity index (χ2n) is 48.3. The number of rotatable bonds is 8. The Morgan fingerprint density at radius 2 is 0.567 bits per heavy atom. The van der Waals surface area contributed by atoms with Gasteiger partial charge in [-0.2, -0.15) is 0 Å². The number of hydrogen-bond donors (Lipinski definition) is 0. The molecule has 0 saturated heterocycles. The van der Waals surface area contributed by atoms with E-state index in [0.29, 0.717) is 5.69 Å². The molecule has 0 amide bonds. The second-order valence-corrected chi connectivity index (χ2v) is 48.3. The maximum Gasteiger partial charge on any atom is 0.252 e. The first-order chi connectivity index (χ1) is 62.3. The second kappa shape index (κ2) is 29.9. The molecule has 2 aromatic heterocycles. The molecule has 5 heteroatoms. The highest BCUT2D eigenvalue weighted by Gasteiger charge is 2.48. The van der Waals surface area contributed by atoms with Crippen LogP contribution in [0.15, 0.2) is 242 Å². The van der Waals surface area contributed by atoms with E-state index in [1.54, 1.807) is 4.57 Å². The number of fused-ring (bicyclic) bond motifs is 10. The average molecular weight is 1680 g/mol. The Morgan fingerprint density at radius 3 is 0.953 bits per heavy atom. The summed E-state index contributed by atoms with van der Waals surface area (Å²) in [7, 11) is 0. The Kier molecular flexibility index (Phi) is 18.4. The molecule has 0 radical (unpaired) electrons. The van der Waals surface area contributed by atoms with E-state index in [4.69, 9.17) is 0 Å². The van der Waals surface area contributed by atoms with Crippen molar-refractivity contribution < 1.29 is 11.0 Å². The van der Waals surface area contributed by atoms with Crippen molar-refractivity contribution in [1.29, 1.82) is 0 Å². The van der Waals surface area contributed by atoms with Crippen LogP contribution in [0.2, 0.25) is 0 Å². The normalized spacial score (nSPS) is 14.9. The fourth-order valence-corrected chi connectivity index (χ4v) is 19.8. The predicted octanol–water partition coefficient (Wildman–Crippen LogP) is 32.9. The zero-order valence-electron chi connectivity index (χ0n) is 90.3. The molecule has 13 aromatic carbocycles. The molecular formula is C122H139BN4. The molecule has 650 valence electrons. The smallest absolute Gasteiger partial charge is 0.252 e. The SMILES string of the molecule is [2H]c1c([2H])c([2H])c2c(c1[2H])c1c([2H])c([2H])c([2H])c([2H])c1n2-c1ccc2c(c1)N(c1c(-c3ccc(C(C)(C)C)cc3)cc(C(C)(C)C)cc1-c1c(C(C)(C)C)cccc1C(C)(C)C)c1cc(C(C)(C)C)cc3c1B2c1ccc(-n2c4ccc(C(C)(C)C)cc4c4cc(C(C)(C)C)ccc42)cc1N3c1c(-c2ccc(C(C)(C)C)cc2)cc(C(C)(C)C)cc1-c1ccc(C(C)(C)C)cc1C(C)(C)C. The summed E-state index contributed by atoms with van der Waals surface area (Å²) >= 11 is 0. The fourth-order valence-electron chi connectivity index (χ4n) is 19.8. The van der Waals surface area contributed by atoms with E-state index < -0.39 is 52.5 Å². The van der Waals surface area contributed by atoms with Crippen molar-refractivity contribution in [3.63, 3.8) is 0 Å². The Hall–Kier alpha value is -10.9. The van der Waals surface area contributed by atoms with Crippen LogP contribution in [-0.2, 0) is 59.6 Å². The molecule has 2 aliphatic rings. The van der Waals surface area contributed by atoms with Gasteiger partial charge in [-0.3, -0.25) is 0 Å². The lowest BCUT2D eigenvalue weighted by molar-refractivity contribution is 0.569. The molecule has 0 atom stereocenters. The van der Waals surface area contributed by atoms with Gasteiger partial charge in [-0.05, 0) is 256 Å². The predicted molar refractivity (Wildman–Crippen MR) is 557 cm³/mol. The number of para-hydroxylation sites is 2. The molecule has 0 spiro atoms. The summed E-state index contributed by atoms with van der Waals surface area (Å²) in [5.41, 5.74) is 30.9. The van der Waals surface area contributed by atoms with Crippen LogP contribution >= 0.6 is 0 Å². The Morgan fingerprint density at radius 1 is 0.236 bits per heavy atom. The van der Waals surface area contributed by atoms with Crippen molar-refractivity contribution in [2.75, 3.05) is 9.80 Å². The number of benzene rings is 13. The lowest BCUT2D eigenvalue weighted by Crippen LogP contribution is -2.61. The average Bonchev–Trinajstić information content (AvgIpc) is 1.50. The van der Waals surface area contributed by atoms with E-state index in [0.717, 1.165) is 123 Å². The minimum Gasteiger partial charge on any atom is -0.310 e. The molecule has 17 rings (SSSR count). The van der Waals surface area contributed by atoms with Gasteiger partial charge < -0.3 is 18.9 Å². The van der Waals surface area contributed by atoms with Crippen LogP contribution in [-0.4, -0.2) is 15.8 Å². The van der Waals surface area contributed by atoms with E-state index >= 15 is 0 Å². The van der Waals surface area contributed by atoms with Gasteiger partial charge in [0, 0.05) is 77.9 Å². The van der Waals surface area contributed by atoms with Crippen molar-refractivity contribution in [1.82, 2.24) is 9.13 Å². The molecular weight excluding hydrogens is 1530 g/mol. The Bertz CT molecular complexity index is 7260. The summed E-state index contributed by atoms with van der Waals surface area (Å²) in [4.78, 5) is 5.32. The number of hydrogen-bond acceptors (Lipinski definition) is 2. The zero-order chi connectivity index (χ0) is 98.6. The van der Waals surface area contributed by atoms with Crippen molar-refractivity contribution in [3.8, 4) is 55.9 Å². The number of anilines is 6. The third-order valence-corrected chi connectivity index (χ3v) is 27.4. The standard InChI is InChI=1S/C122H139BN4/c1-112(2,3)76-49-45-74(46-50-76)89-65-81(117(16,17)18)67-93(86-58-53-80(116(13,14)15)69-97(86)122(31,32)33)110(89)126-104-73-85(125-102-61-54-78(114(7,8)9)63-91(102)92-64-79(115(10,11)12)55-62-103(92)125)57-60-98(104)123-99-59-56-84(124-100-43-36-34-39-87(100)88-40-35-37-44-101(88)124)72-105(99)127(107-71-83(119(22,23)24)70-106(126)109(107)123)111-90(75-47-51-77(52-48-75)113(4,5)6)66-82(118(19,20)21)68-94(111)108-95(120(25,26)27)41-38-42-96(108)121(28,29)30/h34-73H,1-33H3/i34D,35D,36D,37D,39D,40D,43D,44D. The minimum atomic E-state index is -0.568. The molecule has 2 aliphatic heterocycles. The maximum absolute atomic E-state index is 10.2. The van der Waals surface area contributed by atoms with Crippen LogP contribution in [0, 0.1) is 0 Å². The van der Waals surface area contributed by atoms with Gasteiger partial charge in [0.1, 0.15) is 0 Å². The van der Waals surface area contributed by atoms with Crippen molar-refractivity contribution in [3.05, 3.63) is 304 Å².